The lowest BCUT2D eigenvalue weighted by molar-refractivity contribution is -0.122. The molecule has 0 aromatic heterocycles. The van der Waals surface area contributed by atoms with Gasteiger partial charge in [0.2, 0.25) is 0 Å². The van der Waals surface area contributed by atoms with Gasteiger partial charge in [0.05, 0.1) is 37.1 Å². The Bertz CT molecular complexity index is 285. The molecular formula is C14H27NO3. The molecule has 2 saturated heterocycles. The number of rotatable bonds is 3. The van der Waals surface area contributed by atoms with Crippen LogP contribution in [-0.2, 0) is 14.2 Å². The van der Waals surface area contributed by atoms with Crippen LogP contribution < -0.4 is 5.32 Å². The molecule has 0 radical (unpaired) electrons. The van der Waals surface area contributed by atoms with Crippen molar-refractivity contribution in [2.75, 3.05) is 26.9 Å². The number of hydrogen-bond donors (Lipinski definition) is 1. The molecule has 4 nitrogen and oxygen atoms in total. The zero-order valence-corrected chi connectivity index (χ0v) is 12.3. The summed E-state index contributed by atoms with van der Waals surface area (Å²) in [6, 6.07) is 0.280. The van der Waals surface area contributed by atoms with Crippen LogP contribution in [0.15, 0.2) is 0 Å². The molecule has 2 rings (SSSR count). The van der Waals surface area contributed by atoms with Crippen LogP contribution in [0, 0.1) is 5.92 Å². The first-order valence-corrected chi connectivity index (χ1v) is 6.92. The second kappa shape index (κ2) is 5.08. The summed E-state index contributed by atoms with van der Waals surface area (Å²) in [6.07, 6.45) is 1.18. The normalized spacial score (nSPS) is 36.5. The highest BCUT2D eigenvalue weighted by Gasteiger charge is 2.50. The molecule has 0 aliphatic carbocycles. The summed E-state index contributed by atoms with van der Waals surface area (Å²) in [5.74, 6) is 0.434. The van der Waals surface area contributed by atoms with Gasteiger partial charge in [-0.2, -0.15) is 0 Å². The largest absolute Gasteiger partial charge is 0.376 e. The van der Waals surface area contributed by atoms with Gasteiger partial charge in [0.25, 0.3) is 0 Å². The number of hydrogen-bond acceptors (Lipinski definition) is 4. The molecule has 0 aromatic rings. The standard InChI is InChI=1S/C14H27NO3/c1-13(2)8-10(14(3,4)18-13)12(15-5)11-9-16-6-7-17-11/h10-12,15H,6-9H2,1-5H3. The van der Waals surface area contributed by atoms with Gasteiger partial charge in [-0.05, 0) is 41.2 Å². The van der Waals surface area contributed by atoms with Crippen LogP contribution >= 0.6 is 0 Å². The molecule has 18 heavy (non-hydrogen) atoms. The Morgan fingerprint density at radius 3 is 2.33 bits per heavy atom. The molecule has 0 spiro atoms. The Labute approximate surface area is 110 Å². The highest BCUT2D eigenvalue weighted by atomic mass is 16.6. The van der Waals surface area contributed by atoms with E-state index in [1.807, 2.05) is 7.05 Å². The molecule has 0 bridgehead atoms. The number of ether oxygens (including phenoxy) is 3. The van der Waals surface area contributed by atoms with Crippen molar-refractivity contribution in [2.24, 2.45) is 5.92 Å². The molecule has 3 unspecified atom stereocenters. The maximum Gasteiger partial charge on any atom is 0.0965 e. The number of nitrogens with one attached hydrogen (secondary N) is 1. The third-order valence-corrected chi connectivity index (χ3v) is 4.15. The van der Waals surface area contributed by atoms with Crippen molar-refractivity contribution in [3.8, 4) is 0 Å². The molecule has 3 atom stereocenters. The van der Waals surface area contributed by atoms with Crippen molar-refractivity contribution in [3.05, 3.63) is 0 Å². The van der Waals surface area contributed by atoms with E-state index in [1.165, 1.54) is 0 Å². The van der Waals surface area contributed by atoms with Gasteiger partial charge in [0.15, 0.2) is 0 Å². The molecule has 2 aliphatic heterocycles. The van der Waals surface area contributed by atoms with Gasteiger partial charge in [-0.1, -0.05) is 0 Å². The Kier molecular flexibility index (Phi) is 4.02. The SMILES string of the molecule is CNC(C1COCCO1)C1CC(C)(C)OC1(C)C. The van der Waals surface area contributed by atoms with Crippen molar-refractivity contribution in [2.45, 2.75) is 57.5 Å². The topological polar surface area (TPSA) is 39.7 Å². The minimum absolute atomic E-state index is 0.0568. The zero-order chi connectivity index (χ0) is 13.4. The Hall–Kier alpha value is -0.160. The first kappa shape index (κ1) is 14.3. The second-order valence-electron chi connectivity index (χ2n) is 6.57. The minimum atomic E-state index is -0.127. The van der Waals surface area contributed by atoms with Crippen LogP contribution in [0.3, 0.4) is 0 Å². The van der Waals surface area contributed by atoms with Gasteiger partial charge in [-0.15, -0.1) is 0 Å². The molecule has 0 aromatic carbocycles. The molecule has 0 saturated carbocycles. The predicted octanol–water partition coefficient (Wildman–Crippen LogP) is 1.58. The molecule has 0 amide bonds. The van der Waals surface area contributed by atoms with Gasteiger partial charge in [-0.25, -0.2) is 0 Å². The fourth-order valence-corrected chi connectivity index (χ4v) is 3.52. The smallest absolute Gasteiger partial charge is 0.0965 e. The van der Waals surface area contributed by atoms with Crippen molar-refractivity contribution < 1.29 is 14.2 Å². The molecule has 2 aliphatic rings. The van der Waals surface area contributed by atoms with E-state index in [2.05, 4.69) is 33.0 Å². The Balaban J connectivity index is 2.11. The van der Waals surface area contributed by atoms with Crippen molar-refractivity contribution >= 4 is 0 Å². The highest BCUT2D eigenvalue weighted by Crippen LogP contribution is 2.44. The van der Waals surface area contributed by atoms with Gasteiger partial charge >= 0.3 is 0 Å². The fourth-order valence-electron chi connectivity index (χ4n) is 3.52. The molecule has 2 fully saturated rings. The van der Waals surface area contributed by atoms with Crippen LogP contribution in [0.25, 0.3) is 0 Å². The quantitative estimate of drug-likeness (QED) is 0.833. The van der Waals surface area contributed by atoms with Crippen LogP contribution in [-0.4, -0.2) is 50.2 Å². The first-order chi connectivity index (χ1) is 8.36. The van der Waals surface area contributed by atoms with E-state index in [4.69, 9.17) is 14.2 Å². The average Bonchev–Trinajstić information content (AvgIpc) is 2.50. The summed E-state index contributed by atoms with van der Waals surface area (Å²) in [5, 5.41) is 3.42. The summed E-state index contributed by atoms with van der Waals surface area (Å²) < 4.78 is 17.6. The summed E-state index contributed by atoms with van der Waals surface area (Å²) in [6.45, 7) is 10.8. The Morgan fingerprint density at radius 2 is 1.89 bits per heavy atom. The summed E-state index contributed by atoms with van der Waals surface area (Å²) in [7, 11) is 2.00. The lowest BCUT2D eigenvalue weighted by atomic mass is 9.79. The van der Waals surface area contributed by atoms with Crippen molar-refractivity contribution in [1.82, 2.24) is 5.32 Å². The van der Waals surface area contributed by atoms with Crippen LogP contribution in [0.5, 0.6) is 0 Å². The second-order valence-corrected chi connectivity index (χ2v) is 6.57. The summed E-state index contributed by atoms with van der Waals surface area (Å²) in [4.78, 5) is 0. The molecule has 4 heteroatoms. The van der Waals surface area contributed by atoms with Crippen LogP contribution in [0.1, 0.15) is 34.1 Å². The van der Waals surface area contributed by atoms with Gasteiger partial charge < -0.3 is 19.5 Å². The Morgan fingerprint density at radius 1 is 1.17 bits per heavy atom. The van der Waals surface area contributed by atoms with Gasteiger partial charge in [-0.3, -0.25) is 0 Å². The van der Waals surface area contributed by atoms with E-state index in [-0.39, 0.29) is 23.3 Å². The minimum Gasteiger partial charge on any atom is -0.376 e. The highest BCUT2D eigenvalue weighted by molar-refractivity contribution is 5.01. The third kappa shape index (κ3) is 2.87. The summed E-state index contributed by atoms with van der Waals surface area (Å²) in [5.41, 5.74) is -0.184. The molecule has 1 N–H and O–H groups in total. The van der Waals surface area contributed by atoms with Gasteiger partial charge in [0.1, 0.15) is 0 Å². The molecule has 2 heterocycles. The monoisotopic (exact) mass is 257 g/mol. The fraction of sp³-hybridized carbons (Fsp3) is 1.00. The van der Waals surface area contributed by atoms with Crippen LogP contribution in [0.2, 0.25) is 0 Å². The van der Waals surface area contributed by atoms with E-state index in [1.54, 1.807) is 0 Å². The lowest BCUT2D eigenvalue weighted by Crippen LogP contribution is -2.53. The number of likely N-dealkylation sites (N-methyl/N-ethyl adjacent to an activating group) is 1. The zero-order valence-electron chi connectivity index (χ0n) is 12.3. The lowest BCUT2D eigenvalue weighted by Gasteiger charge is -2.38. The van der Waals surface area contributed by atoms with E-state index >= 15 is 0 Å². The molecule has 106 valence electrons. The average molecular weight is 257 g/mol. The molecular weight excluding hydrogens is 230 g/mol. The van der Waals surface area contributed by atoms with Gasteiger partial charge in [0, 0.05) is 12.0 Å². The maximum atomic E-state index is 6.19. The summed E-state index contributed by atoms with van der Waals surface area (Å²) >= 11 is 0. The van der Waals surface area contributed by atoms with Crippen LogP contribution in [0.4, 0.5) is 0 Å². The van der Waals surface area contributed by atoms with Crippen molar-refractivity contribution in [1.29, 1.82) is 0 Å². The maximum absolute atomic E-state index is 6.19. The first-order valence-electron chi connectivity index (χ1n) is 6.92. The van der Waals surface area contributed by atoms with E-state index in [0.29, 0.717) is 25.7 Å². The van der Waals surface area contributed by atoms with Crippen molar-refractivity contribution in [3.63, 3.8) is 0 Å². The van der Waals surface area contributed by atoms with E-state index in [9.17, 15) is 0 Å². The van der Waals surface area contributed by atoms with E-state index in [0.717, 1.165) is 6.42 Å². The predicted molar refractivity (Wildman–Crippen MR) is 70.8 cm³/mol. The third-order valence-electron chi connectivity index (χ3n) is 4.15. The van der Waals surface area contributed by atoms with E-state index < -0.39 is 0 Å².